The van der Waals surface area contributed by atoms with Crippen LogP contribution in [0.15, 0.2) is 43.5 Å². The zero-order chi connectivity index (χ0) is 21.1. The monoisotopic (exact) mass is 497 g/mol. The Morgan fingerprint density at radius 3 is 2.83 bits per heavy atom. The molecule has 0 aliphatic carbocycles. The number of benzene rings is 1. The lowest BCUT2D eigenvalue weighted by atomic mass is 10.3. The Hall–Kier alpha value is -1.53. The van der Waals surface area contributed by atoms with Gasteiger partial charge < -0.3 is 0 Å². The highest BCUT2D eigenvalue weighted by Crippen LogP contribution is 2.30. The van der Waals surface area contributed by atoms with Crippen LogP contribution >= 0.6 is 58.2 Å². The van der Waals surface area contributed by atoms with Crippen LogP contribution in [-0.4, -0.2) is 42.9 Å². The fraction of sp³-hybridized carbons (Fsp3) is 0.278. The third-order valence-corrected chi connectivity index (χ3v) is 8.16. The van der Waals surface area contributed by atoms with Crippen LogP contribution in [0.4, 0.5) is 5.13 Å². The van der Waals surface area contributed by atoms with Gasteiger partial charge in [-0.25, -0.2) is 4.98 Å². The minimum Gasteiger partial charge on any atom is -0.300 e. The molecule has 1 amide bonds. The van der Waals surface area contributed by atoms with E-state index in [-0.39, 0.29) is 17.2 Å². The molecule has 0 saturated heterocycles. The van der Waals surface area contributed by atoms with Gasteiger partial charge >= 0.3 is 0 Å². The summed E-state index contributed by atoms with van der Waals surface area (Å²) in [5, 5.41) is 12.3. The summed E-state index contributed by atoms with van der Waals surface area (Å²) in [4.78, 5) is 30.9. The maximum absolute atomic E-state index is 13.1. The molecule has 1 aliphatic rings. The van der Waals surface area contributed by atoms with E-state index in [2.05, 4.69) is 20.5 Å². The molecule has 1 aromatic carbocycles. The second-order valence-electron chi connectivity index (χ2n) is 6.03. The van der Waals surface area contributed by atoms with Gasteiger partial charge in [0.2, 0.25) is 11.0 Å². The number of amides is 1. The number of rotatable bonds is 7. The molecular weight excluding hydrogens is 482 g/mol. The predicted octanol–water partition coefficient (Wildman–Crippen LogP) is 4.23. The van der Waals surface area contributed by atoms with Gasteiger partial charge in [0.15, 0.2) is 9.50 Å². The van der Waals surface area contributed by atoms with Gasteiger partial charge in [0.05, 0.1) is 22.0 Å². The summed E-state index contributed by atoms with van der Waals surface area (Å²) in [5.41, 5.74) is 1.35. The molecule has 1 aliphatic heterocycles. The van der Waals surface area contributed by atoms with Gasteiger partial charge in [-0.15, -0.1) is 22.0 Å². The molecule has 156 valence electrons. The number of nitrogens with one attached hydrogen (secondary N) is 1. The molecule has 12 heteroatoms. The molecular formula is C18H16ClN5O2S4. The standard InChI is InChI=1S/C18H16ClN5O2S4/c1-2-27-18-23-22-16(30-18)21-13(25)9-29-17-20-12-7-8-28-14(12)15(26)24(17)11-5-3-10(19)4-6-11/h3-6H,2,7-9H2,1H3,(H,21,22,25). The van der Waals surface area contributed by atoms with Crippen molar-refractivity contribution in [1.82, 2.24) is 19.7 Å². The average molecular weight is 498 g/mol. The highest BCUT2D eigenvalue weighted by atomic mass is 35.5. The number of carbonyl (C=O) groups is 1. The molecule has 30 heavy (non-hydrogen) atoms. The van der Waals surface area contributed by atoms with Crippen LogP contribution in [0.1, 0.15) is 12.6 Å². The van der Waals surface area contributed by atoms with Crippen molar-refractivity contribution in [1.29, 1.82) is 0 Å². The molecule has 0 fully saturated rings. The normalized spacial score (nSPS) is 12.7. The van der Waals surface area contributed by atoms with Crippen molar-refractivity contribution in [2.24, 2.45) is 0 Å². The van der Waals surface area contributed by atoms with Crippen molar-refractivity contribution in [2.45, 2.75) is 27.7 Å². The van der Waals surface area contributed by atoms with Crippen molar-refractivity contribution >= 4 is 69.3 Å². The number of thioether (sulfide) groups is 3. The maximum atomic E-state index is 13.1. The van der Waals surface area contributed by atoms with Crippen molar-refractivity contribution < 1.29 is 4.79 Å². The van der Waals surface area contributed by atoms with E-state index in [0.29, 0.717) is 25.9 Å². The Labute approximate surface area is 194 Å². The molecule has 0 spiro atoms. The molecule has 3 aromatic rings. The Balaban J connectivity index is 1.55. The van der Waals surface area contributed by atoms with E-state index < -0.39 is 0 Å². The topological polar surface area (TPSA) is 89.8 Å². The lowest BCUT2D eigenvalue weighted by molar-refractivity contribution is -0.113. The van der Waals surface area contributed by atoms with Crippen LogP contribution in [0.2, 0.25) is 5.02 Å². The number of carbonyl (C=O) groups excluding carboxylic acids is 1. The first kappa shape index (κ1) is 21.7. The maximum Gasteiger partial charge on any atom is 0.272 e. The van der Waals surface area contributed by atoms with E-state index >= 15 is 0 Å². The summed E-state index contributed by atoms with van der Waals surface area (Å²) in [6, 6.07) is 7.00. The smallest absolute Gasteiger partial charge is 0.272 e. The van der Waals surface area contributed by atoms with Crippen molar-refractivity contribution in [3.8, 4) is 5.69 Å². The van der Waals surface area contributed by atoms with E-state index in [4.69, 9.17) is 11.6 Å². The molecule has 0 bridgehead atoms. The summed E-state index contributed by atoms with van der Waals surface area (Å²) in [5.74, 6) is 1.60. The summed E-state index contributed by atoms with van der Waals surface area (Å²) in [6.07, 6.45) is 0.749. The van der Waals surface area contributed by atoms with E-state index in [1.54, 1.807) is 40.6 Å². The van der Waals surface area contributed by atoms with Crippen LogP contribution in [0, 0.1) is 0 Å². The van der Waals surface area contributed by atoms with Gasteiger partial charge in [-0.05, 0) is 30.0 Å². The van der Waals surface area contributed by atoms with E-state index in [9.17, 15) is 9.59 Å². The first-order valence-corrected chi connectivity index (χ1v) is 13.1. The quantitative estimate of drug-likeness (QED) is 0.294. The van der Waals surface area contributed by atoms with Crippen molar-refractivity contribution in [2.75, 3.05) is 22.6 Å². The number of fused-ring (bicyclic) bond motifs is 1. The fourth-order valence-electron chi connectivity index (χ4n) is 2.73. The zero-order valence-electron chi connectivity index (χ0n) is 15.8. The van der Waals surface area contributed by atoms with Crippen LogP contribution in [0.3, 0.4) is 0 Å². The van der Waals surface area contributed by atoms with Crippen LogP contribution in [-0.2, 0) is 11.2 Å². The van der Waals surface area contributed by atoms with E-state index in [1.165, 1.54) is 34.9 Å². The van der Waals surface area contributed by atoms with Crippen molar-refractivity contribution in [3.63, 3.8) is 0 Å². The number of anilines is 1. The summed E-state index contributed by atoms with van der Waals surface area (Å²) in [7, 11) is 0. The molecule has 0 radical (unpaired) electrons. The van der Waals surface area contributed by atoms with Crippen LogP contribution in [0.5, 0.6) is 0 Å². The minimum absolute atomic E-state index is 0.0990. The SMILES string of the molecule is CCSc1nnc(NC(=O)CSc2nc3c(c(=O)n2-c2ccc(Cl)cc2)SCC3)s1. The Kier molecular flexibility index (Phi) is 7.04. The third kappa shape index (κ3) is 4.86. The number of aryl methyl sites for hydroxylation is 1. The van der Waals surface area contributed by atoms with Crippen molar-refractivity contribution in [3.05, 3.63) is 45.3 Å². The molecule has 7 nitrogen and oxygen atoms in total. The molecule has 0 saturated carbocycles. The number of hydrogen-bond acceptors (Lipinski definition) is 9. The number of hydrogen-bond donors (Lipinski definition) is 1. The Morgan fingerprint density at radius 1 is 1.27 bits per heavy atom. The largest absolute Gasteiger partial charge is 0.300 e. The number of nitrogens with zero attached hydrogens (tertiary/aromatic N) is 4. The molecule has 3 heterocycles. The summed E-state index contributed by atoms with van der Waals surface area (Å²) in [6.45, 7) is 2.03. The second kappa shape index (κ2) is 9.73. The number of halogens is 1. The zero-order valence-corrected chi connectivity index (χ0v) is 19.8. The second-order valence-corrected chi connectivity index (χ2v) is 11.0. The highest BCUT2D eigenvalue weighted by molar-refractivity contribution is 8.01. The van der Waals surface area contributed by atoms with E-state index in [0.717, 1.165) is 28.0 Å². The van der Waals surface area contributed by atoms with Gasteiger partial charge in [-0.1, -0.05) is 53.4 Å². The summed E-state index contributed by atoms with van der Waals surface area (Å²) < 4.78 is 2.36. The first-order valence-electron chi connectivity index (χ1n) is 8.98. The predicted molar refractivity (Wildman–Crippen MR) is 125 cm³/mol. The Morgan fingerprint density at radius 2 is 2.07 bits per heavy atom. The number of aromatic nitrogens is 4. The molecule has 2 aromatic heterocycles. The van der Waals surface area contributed by atoms with E-state index in [1.807, 2.05) is 6.92 Å². The summed E-state index contributed by atoms with van der Waals surface area (Å²) >= 11 is 11.7. The first-order chi connectivity index (χ1) is 14.5. The van der Waals surface area contributed by atoms with Crippen LogP contribution < -0.4 is 10.9 Å². The average Bonchev–Trinajstić information content (AvgIpc) is 3.37. The minimum atomic E-state index is -0.226. The van der Waals surface area contributed by atoms with Gasteiger partial charge in [0.1, 0.15) is 0 Å². The van der Waals surface area contributed by atoms with Crippen LogP contribution in [0.25, 0.3) is 5.69 Å². The molecule has 0 unspecified atom stereocenters. The van der Waals surface area contributed by atoms with Gasteiger partial charge in [-0.2, -0.15) is 0 Å². The molecule has 0 atom stereocenters. The fourth-order valence-corrected chi connectivity index (χ4v) is 6.38. The molecule has 1 N–H and O–H groups in total. The lowest BCUT2D eigenvalue weighted by Crippen LogP contribution is -2.24. The Bertz CT molecular complexity index is 1130. The van der Waals surface area contributed by atoms with Gasteiger partial charge in [0.25, 0.3) is 5.56 Å². The van der Waals surface area contributed by atoms with Gasteiger partial charge in [0, 0.05) is 17.2 Å². The highest BCUT2D eigenvalue weighted by Gasteiger charge is 2.23. The lowest BCUT2D eigenvalue weighted by Gasteiger charge is -2.13. The van der Waals surface area contributed by atoms with Gasteiger partial charge in [-0.3, -0.25) is 19.5 Å². The third-order valence-electron chi connectivity index (χ3n) is 4.00. The molecule has 4 rings (SSSR count).